The van der Waals surface area contributed by atoms with Crippen molar-refractivity contribution in [1.82, 2.24) is 0 Å². The first-order chi connectivity index (χ1) is 6.79. The van der Waals surface area contributed by atoms with Crippen LogP contribution >= 0.6 is 0 Å². The molecule has 0 aliphatic carbocycles. The highest BCUT2D eigenvalue weighted by molar-refractivity contribution is 7.92. The number of hydrogen-bond acceptors (Lipinski definition) is 4. The van der Waals surface area contributed by atoms with Gasteiger partial charge in [-0.2, -0.15) is 0 Å². The van der Waals surface area contributed by atoms with Crippen LogP contribution in [0, 0.1) is 15.9 Å². The van der Waals surface area contributed by atoms with Crippen LogP contribution in [0.2, 0.25) is 0 Å². The molecule has 1 aromatic rings. The van der Waals surface area contributed by atoms with Crippen molar-refractivity contribution in [3.8, 4) is 0 Å². The molecule has 0 radical (unpaired) electrons. The number of nitro groups is 1. The van der Waals surface area contributed by atoms with Gasteiger partial charge in [0, 0.05) is 12.1 Å². The number of anilines is 1. The average molecular weight is 234 g/mol. The molecule has 0 saturated carbocycles. The van der Waals surface area contributed by atoms with Crippen LogP contribution in [0.15, 0.2) is 18.2 Å². The van der Waals surface area contributed by atoms with Crippen molar-refractivity contribution in [3.63, 3.8) is 0 Å². The topological polar surface area (TPSA) is 89.3 Å². The minimum atomic E-state index is -3.67. The molecule has 0 aliphatic heterocycles. The Hall–Kier alpha value is -1.70. The van der Waals surface area contributed by atoms with Gasteiger partial charge in [-0.15, -0.1) is 0 Å². The first-order valence-electron chi connectivity index (χ1n) is 3.71. The van der Waals surface area contributed by atoms with Crippen LogP contribution in [0.3, 0.4) is 0 Å². The molecule has 82 valence electrons. The highest BCUT2D eigenvalue weighted by Crippen LogP contribution is 2.25. The zero-order chi connectivity index (χ0) is 11.6. The lowest BCUT2D eigenvalue weighted by molar-refractivity contribution is -0.383. The fourth-order valence-electron chi connectivity index (χ4n) is 0.949. The van der Waals surface area contributed by atoms with E-state index in [4.69, 9.17) is 0 Å². The summed E-state index contributed by atoms with van der Waals surface area (Å²) >= 11 is 0. The fraction of sp³-hybridized carbons (Fsp3) is 0.143. The molecule has 8 heteroatoms. The fourth-order valence-corrected chi connectivity index (χ4v) is 1.51. The molecule has 0 saturated heterocycles. The van der Waals surface area contributed by atoms with E-state index in [1.54, 1.807) is 0 Å². The lowest BCUT2D eigenvalue weighted by Gasteiger charge is -2.04. The molecule has 0 bridgehead atoms. The molecule has 1 rings (SSSR count). The van der Waals surface area contributed by atoms with E-state index in [0.717, 1.165) is 24.5 Å². The first-order valence-corrected chi connectivity index (χ1v) is 5.60. The van der Waals surface area contributed by atoms with E-state index in [1.165, 1.54) is 0 Å². The maximum absolute atomic E-state index is 12.7. The van der Waals surface area contributed by atoms with E-state index < -0.39 is 26.5 Å². The second kappa shape index (κ2) is 3.81. The summed E-state index contributed by atoms with van der Waals surface area (Å²) < 4.78 is 36.3. The highest BCUT2D eigenvalue weighted by atomic mass is 32.2. The largest absolute Gasteiger partial charge is 0.293 e. The van der Waals surface area contributed by atoms with Crippen LogP contribution in [0.25, 0.3) is 0 Å². The highest BCUT2D eigenvalue weighted by Gasteiger charge is 2.16. The number of halogens is 1. The Bertz CT molecular complexity index is 500. The zero-order valence-electron chi connectivity index (χ0n) is 7.60. The molecule has 1 aromatic carbocycles. The van der Waals surface area contributed by atoms with Crippen LogP contribution in [-0.4, -0.2) is 19.6 Å². The molecular weight excluding hydrogens is 227 g/mol. The maximum atomic E-state index is 12.7. The van der Waals surface area contributed by atoms with Crippen molar-refractivity contribution in [2.24, 2.45) is 0 Å². The summed E-state index contributed by atoms with van der Waals surface area (Å²) in [7, 11) is -3.67. The molecule has 0 amide bonds. The molecule has 6 nitrogen and oxygen atoms in total. The maximum Gasteiger partial charge on any atom is 0.293 e. The van der Waals surface area contributed by atoms with E-state index in [2.05, 4.69) is 0 Å². The molecule has 0 fully saturated rings. The van der Waals surface area contributed by atoms with Crippen LogP contribution in [0.5, 0.6) is 0 Å². The summed E-state index contributed by atoms with van der Waals surface area (Å²) in [5.74, 6) is -0.758. The van der Waals surface area contributed by atoms with Gasteiger partial charge in [0.2, 0.25) is 10.0 Å². The molecule has 0 heterocycles. The SMILES string of the molecule is CS(=O)(=O)Nc1cc(F)ccc1[N+](=O)[O-]. The third kappa shape index (κ3) is 3.17. The van der Waals surface area contributed by atoms with Crippen LogP contribution < -0.4 is 4.72 Å². The molecule has 0 atom stereocenters. The van der Waals surface area contributed by atoms with Gasteiger partial charge in [-0.25, -0.2) is 12.8 Å². The van der Waals surface area contributed by atoms with Gasteiger partial charge in [0.15, 0.2) is 0 Å². The summed E-state index contributed by atoms with van der Waals surface area (Å²) in [6.45, 7) is 0. The zero-order valence-corrected chi connectivity index (χ0v) is 8.41. The number of sulfonamides is 1. The van der Waals surface area contributed by atoms with Crippen molar-refractivity contribution in [2.75, 3.05) is 11.0 Å². The monoisotopic (exact) mass is 234 g/mol. The van der Waals surface area contributed by atoms with Gasteiger partial charge in [0.1, 0.15) is 11.5 Å². The Morgan fingerprint density at radius 3 is 2.53 bits per heavy atom. The van der Waals surface area contributed by atoms with Crippen molar-refractivity contribution in [2.45, 2.75) is 0 Å². The number of nitrogens with zero attached hydrogens (tertiary/aromatic N) is 1. The predicted octanol–water partition coefficient (Wildman–Crippen LogP) is 1.11. The number of rotatable bonds is 3. The third-order valence-electron chi connectivity index (χ3n) is 1.45. The molecule has 1 N–H and O–H groups in total. The summed E-state index contributed by atoms with van der Waals surface area (Å²) in [5.41, 5.74) is -0.885. The Balaban J connectivity index is 3.25. The van der Waals surface area contributed by atoms with Crippen molar-refractivity contribution in [1.29, 1.82) is 0 Å². The third-order valence-corrected chi connectivity index (χ3v) is 2.04. The Morgan fingerprint density at radius 2 is 2.07 bits per heavy atom. The smallest absolute Gasteiger partial charge is 0.277 e. The van der Waals surface area contributed by atoms with Crippen molar-refractivity contribution < 1.29 is 17.7 Å². The van der Waals surface area contributed by atoms with Gasteiger partial charge in [-0.1, -0.05) is 0 Å². The lowest BCUT2D eigenvalue weighted by atomic mass is 10.3. The van der Waals surface area contributed by atoms with Gasteiger partial charge in [0.25, 0.3) is 5.69 Å². The lowest BCUT2D eigenvalue weighted by Crippen LogP contribution is -2.11. The van der Waals surface area contributed by atoms with Gasteiger partial charge in [-0.3, -0.25) is 14.8 Å². The normalized spacial score (nSPS) is 11.1. The van der Waals surface area contributed by atoms with Gasteiger partial charge < -0.3 is 0 Å². The Kier molecular flexibility index (Phi) is 2.89. The van der Waals surface area contributed by atoms with Crippen LogP contribution in [0.1, 0.15) is 0 Å². The second-order valence-electron chi connectivity index (χ2n) is 2.79. The number of benzene rings is 1. The Labute approximate surface area is 84.9 Å². The minimum absolute atomic E-state index is 0.387. The van der Waals surface area contributed by atoms with Crippen LogP contribution in [0.4, 0.5) is 15.8 Å². The van der Waals surface area contributed by atoms with E-state index >= 15 is 0 Å². The number of nitro benzene ring substituents is 1. The summed E-state index contributed by atoms with van der Waals surface area (Å²) in [4.78, 5) is 9.67. The van der Waals surface area contributed by atoms with E-state index in [9.17, 15) is 22.9 Å². The Morgan fingerprint density at radius 1 is 1.47 bits per heavy atom. The van der Waals surface area contributed by atoms with Crippen LogP contribution in [-0.2, 0) is 10.0 Å². The average Bonchev–Trinajstić information content (AvgIpc) is 1.99. The van der Waals surface area contributed by atoms with Gasteiger partial charge in [0.05, 0.1) is 11.2 Å². The molecule has 0 aliphatic rings. The first kappa shape index (κ1) is 11.4. The van der Waals surface area contributed by atoms with Crippen molar-refractivity contribution in [3.05, 3.63) is 34.1 Å². The predicted molar refractivity (Wildman–Crippen MR) is 51.5 cm³/mol. The van der Waals surface area contributed by atoms with E-state index in [0.29, 0.717) is 0 Å². The van der Waals surface area contributed by atoms with Gasteiger partial charge in [-0.05, 0) is 6.07 Å². The second-order valence-corrected chi connectivity index (χ2v) is 4.54. The molecule has 0 unspecified atom stereocenters. The van der Waals surface area contributed by atoms with E-state index in [1.807, 2.05) is 4.72 Å². The number of hydrogen-bond donors (Lipinski definition) is 1. The summed E-state index contributed by atoms with van der Waals surface area (Å²) in [6, 6.07) is 2.52. The molecule has 0 aromatic heterocycles. The quantitative estimate of drug-likeness (QED) is 0.626. The minimum Gasteiger partial charge on any atom is -0.277 e. The number of nitrogens with one attached hydrogen (secondary N) is 1. The van der Waals surface area contributed by atoms with Crippen molar-refractivity contribution >= 4 is 21.4 Å². The standard InChI is InChI=1S/C7H7FN2O4S/c1-15(13,14)9-6-4-5(8)2-3-7(6)10(11)12/h2-4,9H,1H3. The summed E-state index contributed by atoms with van der Waals surface area (Å²) in [6.07, 6.45) is 0.821. The van der Waals surface area contributed by atoms with E-state index in [-0.39, 0.29) is 5.69 Å². The molecular formula is C7H7FN2O4S. The summed E-state index contributed by atoms with van der Waals surface area (Å²) in [5, 5.41) is 10.5. The van der Waals surface area contributed by atoms with Gasteiger partial charge >= 0.3 is 0 Å². The molecule has 15 heavy (non-hydrogen) atoms. The molecule has 0 spiro atoms.